The molecule has 0 aromatic carbocycles. The second-order valence-electron chi connectivity index (χ2n) is 10.5. The van der Waals surface area contributed by atoms with Crippen LogP contribution in [0.5, 0.6) is 0 Å². The van der Waals surface area contributed by atoms with E-state index in [4.69, 9.17) is 0 Å². The molecule has 0 heterocycles. The monoisotopic (exact) mass is 520 g/mol. The summed E-state index contributed by atoms with van der Waals surface area (Å²) in [5.41, 5.74) is 0. The Morgan fingerprint density at radius 3 is 1.57 bits per heavy atom. The highest BCUT2D eigenvalue weighted by molar-refractivity contribution is 5.78. The van der Waals surface area contributed by atoms with Gasteiger partial charge in [-0.15, -0.1) is 0 Å². The van der Waals surface area contributed by atoms with Crippen LogP contribution in [0.25, 0.3) is 0 Å². The van der Waals surface area contributed by atoms with E-state index in [-0.39, 0.29) is 5.91 Å². The number of amides is 1. The molecule has 216 valence electrons. The maximum absolute atomic E-state index is 11.9. The first-order valence-corrected chi connectivity index (χ1v) is 15.0. The van der Waals surface area contributed by atoms with E-state index in [0.717, 1.165) is 97.2 Å². The molecule has 0 unspecified atom stereocenters. The second-order valence-corrected chi connectivity index (χ2v) is 10.5. The van der Waals surface area contributed by atoms with E-state index in [1.807, 2.05) is 0 Å². The SMILES string of the molecule is CC/C=C\CCC(=O)CCCCN(C)CCCN(C)CCCCN(C)CCCNC(=O)CC/C=C\CC. The third kappa shape index (κ3) is 25.9. The molecule has 1 N–H and O–H groups in total. The molecule has 0 rings (SSSR count). The van der Waals surface area contributed by atoms with E-state index in [9.17, 15) is 9.59 Å². The minimum absolute atomic E-state index is 0.163. The average Bonchev–Trinajstić information content (AvgIpc) is 2.87. The Bertz CT molecular complexity index is 606. The van der Waals surface area contributed by atoms with E-state index in [2.05, 4.69) is 79.3 Å². The van der Waals surface area contributed by atoms with Gasteiger partial charge in [0.05, 0.1) is 0 Å². The van der Waals surface area contributed by atoms with Crippen LogP contribution in [-0.2, 0) is 9.59 Å². The van der Waals surface area contributed by atoms with Crippen molar-refractivity contribution in [3.8, 4) is 0 Å². The molecule has 37 heavy (non-hydrogen) atoms. The van der Waals surface area contributed by atoms with Crippen LogP contribution in [0.15, 0.2) is 24.3 Å². The van der Waals surface area contributed by atoms with E-state index >= 15 is 0 Å². The van der Waals surface area contributed by atoms with Gasteiger partial charge < -0.3 is 20.0 Å². The maximum Gasteiger partial charge on any atom is 0.220 e. The smallest absolute Gasteiger partial charge is 0.220 e. The summed E-state index contributed by atoms with van der Waals surface area (Å²) < 4.78 is 0. The molecule has 0 aromatic heterocycles. The van der Waals surface area contributed by atoms with Crippen LogP contribution in [0.2, 0.25) is 0 Å². The quantitative estimate of drug-likeness (QED) is 0.117. The summed E-state index contributed by atoms with van der Waals surface area (Å²) in [4.78, 5) is 30.9. The highest BCUT2D eigenvalue weighted by Gasteiger charge is 2.05. The first-order chi connectivity index (χ1) is 17.9. The third-order valence-corrected chi connectivity index (χ3v) is 6.63. The fourth-order valence-corrected chi connectivity index (χ4v) is 4.23. The molecule has 0 aliphatic carbocycles. The van der Waals surface area contributed by atoms with Crippen molar-refractivity contribution in [3.05, 3.63) is 24.3 Å². The van der Waals surface area contributed by atoms with Gasteiger partial charge in [0.1, 0.15) is 5.78 Å². The molecule has 0 bridgehead atoms. The van der Waals surface area contributed by atoms with E-state index in [0.29, 0.717) is 18.6 Å². The van der Waals surface area contributed by atoms with Gasteiger partial charge in [-0.05, 0) is 125 Å². The Balaban J connectivity index is 3.58. The molecule has 0 spiro atoms. The van der Waals surface area contributed by atoms with Gasteiger partial charge in [-0.2, -0.15) is 0 Å². The summed E-state index contributed by atoms with van der Waals surface area (Å²) in [6.45, 7) is 11.6. The van der Waals surface area contributed by atoms with Crippen LogP contribution in [0.3, 0.4) is 0 Å². The Hall–Kier alpha value is -1.50. The number of rotatable bonds is 26. The Morgan fingerprint density at radius 1 is 0.568 bits per heavy atom. The summed E-state index contributed by atoms with van der Waals surface area (Å²) in [5, 5.41) is 3.03. The molecule has 0 atom stereocenters. The summed E-state index contributed by atoms with van der Waals surface area (Å²) in [6.07, 6.45) is 21.1. The molecule has 0 fully saturated rings. The minimum Gasteiger partial charge on any atom is -0.356 e. The predicted octanol–water partition coefficient (Wildman–Crippen LogP) is 5.69. The lowest BCUT2D eigenvalue weighted by molar-refractivity contribution is -0.121. The fraction of sp³-hybridized carbons (Fsp3) is 0.806. The van der Waals surface area contributed by atoms with Crippen molar-refractivity contribution in [2.75, 3.05) is 67.0 Å². The summed E-state index contributed by atoms with van der Waals surface area (Å²) in [7, 11) is 6.60. The molecule has 0 radical (unpaired) electrons. The van der Waals surface area contributed by atoms with Gasteiger partial charge >= 0.3 is 0 Å². The lowest BCUT2D eigenvalue weighted by Crippen LogP contribution is -2.29. The molecule has 6 heteroatoms. The number of unbranched alkanes of at least 4 members (excludes halogenated alkanes) is 2. The van der Waals surface area contributed by atoms with E-state index in [1.54, 1.807) is 0 Å². The molecule has 0 aliphatic rings. The molecule has 1 amide bonds. The van der Waals surface area contributed by atoms with Crippen molar-refractivity contribution in [1.82, 2.24) is 20.0 Å². The zero-order valence-electron chi connectivity index (χ0n) is 25.1. The normalized spacial score (nSPS) is 12.1. The number of carbonyl (C=O) groups is 2. The van der Waals surface area contributed by atoms with Crippen LogP contribution < -0.4 is 5.32 Å². The lowest BCUT2D eigenvalue weighted by Gasteiger charge is -2.21. The molecular formula is C31H60N4O2. The van der Waals surface area contributed by atoms with Crippen molar-refractivity contribution in [3.63, 3.8) is 0 Å². The molecule has 0 aromatic rings. The van der Waals surface area contributed by atoms with Crippen molar-refractivity contribution in [1.29, 1.82) is 0 Å². The summed E-state index contributed by atoms with van der Waals surface area (Å²) in [6, 6.07) is 0. The van der Waals surface area contributed by atoms with Gasteiger partial charge in [-0.3, -0.25) is 9.59 Å². The minimum atomic E-state index is 0.163. The van der Waals surface area contributed by atoms with Gasteiger partial charge in [0.15, 0.2) is 0 Å². The molecule has 0 saturated carbocycles. The highest BCUT2D eigenvalue weighted by Crippen LogP contribution is 2.04. The zero-order valence-corrected chi connectivity index (χ0v) is 25.1. The van der Waals surface area contributed by atoms with Gasteiger partial charge in [0, 0.05) is 25.8 Å². The van der Waals surface area contributed by atoms with Crippen molar-refractivity contribution >= 4 is 11.7 Å². The molecular weight excluding hydrogens is 460 g/mol. The number of Topliss-reactive ketones (excluding diaryl/α,β-unsaturated/α-hetero) is 1. The Morgan fingerprint density at radius 2 is 1.03 bits per heavy atom. The van der Waals surface area contributed by atoms with Crippen LogP contribution in [0, 0.1) is 0 Å². The van der Waals surface area contributed by atoms with Crippen LogP contribution in [0.1, 0.15) is 97.3 Å². The molecule has 0 aliphatic heterocycles. The summed E-state index contributed by atoms with van der Waals surface area (Å²) >= 11 is 0. The van der Waals surface area contributed by atoms with Crippen molar-refractivity contribution in [2.24, 2.45) is 0 Å². The number of hydrogen-bond donors (Lipinski definition) is 1. The van der Waals surface area contributed by atoms with E-state index in [1.165, 1.54) is 19.3 Å². The van der Waals surface area contributed by atoms with Gasteiger partial charge in [0.2, 0.25) is 5.91 Å². The Labute approximate surface area is 229 Å². The average molecular weight is 521 g/mol. The zero-order chi connectivity index (χ0) is 27.6. The fourth-order valence-electron chi connectivity index (χ4n) is 4.23. The number of hydrogen-bond acceptors (Lipinski definition) is 5. The Kier molecular flexibility index (Phi) is 25.1. The predicted molar refractivity (Wildman–Crippen MR) is 160 cm³/mol. The van der Waals surface area contributed by atoms with Crippen molar-refractivity contribution in [2.45, 2.75) is 97.3 Å². The number of nitrogens with one attached hydrogen (secondary N) is 1. The van der Waals surface area contributed by atoms with Gasteiger partial charge in [0.25, 0.3) is 0 Å². The van der Waals surface area contributed by atoms with Crippen LogP contribution >= 0.6 is 0 Å². The maximum atomic E-state index is 11.9. The number of allylic oxidation sites excluding steroid dienone is 4. The second kappa shape index (κ2) is 26.1. The number of ketones is 1. The van der Waals surface area contributed by atoms with Crippen molar-refractivity contribution < 1.29 is 9.59 Å². The largest absolute Gasteiger partial charge is 0.356 e. The number of carbonyl (C=O) groups excluding carboxylic acids is 2. The summed E-state index contributed by atoms with van der Waals surface area (Å²) in [5.74, 6) is 0.571. The highest BCUT2D eigenvalue weighted by atomic mass is 16.1. The van der Waals surface area contributed by atoms with E-state index < -0.39 is 0 Å². The molecule has 0 saturated heterocycles. The standard InChI is InChI=1S/C31H60N4O2/c1-6-8-10-12-20-30(36)21-14-15-24-34(4)28-19-29-35(5)26-17-16-25-33(3)27-18-23-32-31(37)22-13-11-9-7-2/h8-11H,6-7,12-29H2,1-5H3,(H,32,37)/b10-8-,11-9-. The first-order valence-electron chi connectivity index (χ1n) is 15.0. The third-order valence-electron chi connectivity index (χ3n) is 6.63. The number of nitrogens with zero attached hydrogens (tertiary/aromatic N) is 3. The van der Waals surface area contributed by atoms with Crippen LogP contribution in [-0.4, -0.2) is 93.3 Å². The first kappa shape index (κ1) is 35.5. The van der Waals surface area contributed by atoms with Gasteiger partial charge in [-0.25, -0.2) is 0 Å². The van der Waals surface area contributed by atoms with Gasteiger partial charge in [-0.1, -0.05) is 38.2 Å². The molecule has 6 nitrogen and oxygen atoms in total. The topological polar surface area (TPSA) is 55.9 Å². The lowest BCUT2D eigenvalue weighted by atomic mass is 10.1. The van der Waals surface area contributed by atoms with Crippen LogP contribution in [0.4, 0.5) is 0 Å².